The number of carbonyl (C=O) groups excluding carboxylic acids is 1. The van der Waals surface area contributed by atoms with Gasteiger partial charge in [0.25, 0.3) is 0 Å². The van der Waals surface area contributed by atoms with Crippen LogP contribution >= 0.6 is 0 Å². The summed E-state index contributed by atoms with van der Waals surface area (Å²) in [6.45, 7) is 1.97. The molecule has 0 heterocycles. The first-order chi connectivity index (χ1) is 4.72. The molecule has 1 aromatic rings. The first kappa shape index (κ1) is 7.54. The van der Waals surface area contributed by atoms with Crippen molar-refractivity contribution in [3.63, 3.8) is 0 Å². The van der Waals surface area contributed by atoms with Crippen molar-refractivity contribution in [3.05, 3.63) is 35.4 Å². The molecular formula is C8H10GeO. The van der Waals surface area contributed by atoms with E-state index >= 15 is 0 Å². The molecule has 0 aliphatic heterocycles. The molecule has 1 aromatic carbocycles. The number of carbonyl (C=O) groups is 1. The van der Waals surface area contributed by atoms with Crippen molar-refractivity contribution < 1.29 is 4.79 Å². The van der Waals surface area contributed by atoms with Crippen LogP contribution in [0.4, 0.5) is 0 Å². The quantitative estimate of drug-likeness (QED) is 0.596. The Balaban J connectivity index is 3.15. The van der Waals surface area contributed by atoms with E-state index in [-0.39, 0.29) is 16.5 Å². The maximum atomic E-state index is 10.9. The summed E-state index contributed by atoms with van der Waals surface area (Å²) in [4.78, 5) is 10.9. The Bertz CT molecular complexity index is 255. The molecule has 0 saturated carbocycles. The van der Waals surface area contributed by atoms with Gasteiger partial charge in [0.2, 0.25) is 0 Å². The summed E-state index contributed by atoms with van der Waals surface area (Å²) < 4.78 is 0.325. The van der Waals surface area contributed by atoms with Crippen LogP contribution in [0.1, 0.15) is 15.9 Å². The van der Waals surface area contributed by atoms with E-state index in [4.69, 9.17) is 0 Å². The molecule has 0 spiro atoms. The van der Waals surface area contributed by atoms with Gasteiger partial charge < -0.3 is 0 Å². The van der Waals surface area contributed by atoms with E-state index in [9.17, 15) is 4.79 Å². The van der Waals surface area contributed by atoms with Crippen molar-refractivity contribution in [3.8, 4) is 0 Å². The second-order valence-corrected chi connectivity index (χ2v) is 4.28. The van der Waals surface area contributed by atoms with Crippen molar-refractivity contribution >= 4 is 21.1 Å². The van der Waals surface area contributed by atoms with Crippen molar-refractivity contribution in [2.24, 2.45) is 0 Å². The molecule has 0 aliphatic rings. The van der Waals surface area contributed by atoms with Gasteiger partial charge in [-0.25, -0.2) is 0 Å². The molecule has 1 rings (SSSR count). The summed E-state index contributed by atoms with van der Waals surface area (Å²) in [7, 11) is 0. The van der Waals surface area contributed by atoms with Gasteiger partial charge >= 0.3 is 68.2 Å². The third-order valence-electron chi connectivity index (χ3n) is 1.52. The first-order valence-electron chi connectivity index (χ1n) is 3.28. The zero-order valence-electron chi connectivity index (χ0n) is 6.22. The van der Waals surface area contributed by atoms with Gasteiger partial charge in [0, 0.05) is 0 Å². The molecule has 52 valence electrons. The van der Waals surface area contributed by atoms with Crippen LogP contribution in [0.15, 0.2) is 24.3 Å². The Labute approximate surface area is 68.7 Å². The topological polar surface area (TPSA) is 17.1 Å². The number of benzene rings is 1. The van der Waals surface area contributed by atoms with Crippen LogP contribution in [-0.2, 0) is 0 Å². The van der Waals surface area contributed by atoms with Gasteiger partial charge in [-0.1, -0.05) is 0 Å². The van der Waals surface area contributed by atoms with E-state index in [0.717, 1.165) is 11.1 Å². The summed E-state index contributed by atoms with van der Waals surface area (Å²) in [5.41, 5.74) is 2.00. The molecular weight excluding hydrogens is 185 g/mol. The van der Waals surface area contributed by atoms with Gasteiger partial charge in [0.05, 0.1) is 0 Å². The van der Waals surface area contributed by atoms with Crippen molar-refractivity contribution in [1.29, 1.82) is 0 Å². The number of hydrogen-bond donors (Lipinski definition) is 0. The summed E-state index contributed by atoms with van der Waals surface area (Å²) >= 11 is 0.277. The molecule has 2 heteroatoms. The Hall–Kier alpha value is -0.567. The van der Waals surface area contributed by atoms with E-state index in [1.807, 2.05) is 31.2 Å². The van der Waals surface area contributed by atoms with Gasteiger partial charge in [0.15, 0.2) is 0 Å². The molecule has 0 aromatic heterocycles. The summed E-state index contributed by atoms with van der Waals surface area (Å²) in [6, 6.07) is 7.72. The average Bonchev–Trinajstić information content (AvgIpc) is 1.88. The molecule has 0 aliphatic carbocycles. The van der Waals surface area contributed by atoms with Crippen LogP contribution in [0, 0.1) is 6.92 Å². The predicted octanol–water partition coefficient (Wildman–Crippen LogP) is 0.501. The normalized spacial score (nSPS) is 9.70. The second-order valence-electron chi connectivity index (χ2n) is 2.37. The summed E-state index contributed by atoms with van der Waals surface area (Å²) in [5, 5.41) is 0. The second kappa shape index (κ2) is 3.01. The zero-order valence-corrected chi connectivity index (χ0v) is 10.4. The minimum atomic E-state index is 0.277. The summed E-state index contributed by atoms with van der Waals surface area (Å²) in [5.74, 6) is 0. The molecule has 0 bridgehead atoms. The number of rotatable bonds is 1. The molecule has 0 amide bonds. The van der Waals surface area contributed by atoms with E-state index in [0.29, 0.717) is 4.62 Å². The zero-order chi connectivity index (χ0) is 7.56. The minimum absolute atomic E-state index is 0.277. The van der Waals surface area contributed by atoms with Gasteiger partial charge in [-0.05, 0) is 0 Å². The van der Waals surface area contributed by atoms with Crippen LogP contribution in [0.5, 0.6) is 0 Å². The fraction of sp³-hybridized carbons (Fsp3) is 0.125. The Kier molecular flexibility index (Phi) is 2.27. The van der Waals surface area contributed by atoms with E-state index < -0.39 is 0 Å². The molecule has 0 N–H and O–H groups in total. The van der Waals surface area contributed by atoms with Crippen molar-refractivity contribution in [2.75, 3.05) is 0 Å². The molecule has 1 nitrogen and oxygen atoms in total. The monoisotopic (exact) mass is 196 g/mol. The van der Waals surface area contributed by atoms with Gasteiger partial charge in [0.1, 0.15) is 0 Å². The van der Waals surface area contributed by atoms with Crippen LogP contribution in [-0.4, -0.2) is 21.1 Å². The first-order valence-corrected chi connectivity index (χ1v) is 5.38. The van der Waals surface area contributed by atoms with Crippen LogP contribution in [0.3, 0.4) is 0 Å². The van der Waals surface area contributed by atoms with Crippen LogP contribution in [0.2, 0.25) is 0 Å². The fourth-order valence-corrected chi connectivity index (χ4v) is 2.14. The number of aryl methyl sites for hydroxylation is 1. The Morgan fingerprint density at radius 2 is 2.00 bits per heavy atom. The van der Waals surface area contributed by atoms with E-state index in [2.05, 4.69) is 0 Å². The standard InChI is InChI=1S/C8H10GeO/c1-6-4-2-3-5-7(6)8(9)10/h2-5H,1,9H3. The van der Waals surface area contributed by atoms with E-state index in [1.165, 1.54) is 0 Å². The molecule has 0 saturated heterocycles. The van der Waals surface area contributed by atoms with Crippen LogP contribution < -0.4 is 0 Å². The number of hydrogen-bond acceptors (Lipinski definition) is 1. The van der Waals surface area contributed by atoms with Gasteiger partial charge in [-0.15, -0.1) is 0 Å². The Morgan fingerprint density at radius 3 is 2.40 bits per heavy atom. The van der Waals surface area contributed by atoms with Gasteiger partial charge in [-0.2, -0.15) is 0 Å². The SMILES string of the molecule is Cc1ccccc1[C](=O)[GeH3]. The third kappa shape index (κ3) is 1.48. The molecule has 0 atom stereocenters. The van der Waals surface area contributed by atoms with Crippen LogP contribution in [0.25, 0.3) is 0 Å². The average molecular weight is 195 g/mol. The van der Waals surface area contributed by atoms with E-state index in [1.54, 1.807) is 0 Å². The van der Waals surface area contributed by atoms with Gasteiger partial charge in [-0.3, -0.25) is 0 Å². The molecule has 0 radical (unpaired) electrons. The molecule has 0 unspecified atom stereocenters. The molecule has 0 fully saturated rings. The Morgan fingerprint density at radius 1 is 1.40 bits per heavy atom. The molecule has 10 heavy (non-hydrogen) atoms. The third-order valence-corrected chi connectivity index (χ3v) is 2.65. The predicted molar refractivity (Wildman–Crippen MR) is 45.4 cm³/mol. The van der Waals surface area contributed by atoms with Crippen molar-refractivity contribution in [2.45, 2.75) is 6.92 Å². The maximum absolute atomic E-state index is 10.9. The summed E-state index contributed by atoms with van der Waals surface area (Å²) in [6.07, 6.45) is 0. The fourth-order valence-electron chi connectivity index (χ4n) is 0.968. The van der Waals surface area contributed by atoms with Crippen molar-refractivity contribution in [1.82, 2.24) is 0 Å².